The first-order valence-corrected chi connectivity index (χ1v) is 11.3. The Hall–Kier alpha value is -1.89. The molecular formula is C23H24Cl3NO5. The molecule has 32 heavy (non-hydrogen) atoms. The number of nitrogens with zero attached hydrogens (tertiary/aromatic N) is 1. The summed E-state index contributed by atoms with van der Waals surface area (Å²) in [5.74, 6) is 1.13. The molecule has 1 atom stereocenters. The second kappa shape index (κ2) is 7.86. The van der Waals surface area contributed by atoms with E-state index in [1.165, 1.54) is 0 Å². The minimum absolute atomic E-state index is 0.0849. The number of carbonyl (C=O) groups is 2. The van der Waals surface area contributed by atoms with Gasteiger partial charge in [-0.3, -0.25) is 4.79 Å². The highest BCUT2D eigenvalue weighted by atomic mass is 35.6. The molecule has 6 nitrogen and oxygen atoms in total. The lowest BCUT2D eigenvalue weighted by molar-refractivity contribution is -0.110. The number of ether oxygens (including phenoxy) is 3. The van der Waals surface area contributed by atoms with Gasteiger partial charge in [0.2, 0.25) is 3.79 Å². The van der Waals surface area contributed by atoms with Crippen molar-refractivity contribution in [2.75, 3.05) is 20.8 Å². The van der Waals surface area contributed by atoms with Crippen molar-refractivity contribution in [3.8, 4) is 11.5 Å². The lowest BCUT2D eigenvalue weighted by atomic mass is 9.77. The Balaban J connectivity index is 1.82. The molecule has 0 saturated heterocycles. The number of fused-ring (bicyclic) bond motifs is 1. The second-order valence-electron chi connectivity index (χ2n) is 8.71. The van der Waals surface area contributed by atoms with Gasteiger partial charge in [-0.15, -0.1) is 0 Å². The molecule has 0 unspecified atom stereocenters. The van der Waals surface area contributed by atoms with Gasteiger partial charge in [-0.1, -0.05) is 47.0 Å². The van der Waals surface area contributed by atoms with E-state index in [-0.39, 0.29) is 11.8 Å². The van der Waals surface area contributed by atoms with Gasteiger partial charge in [0.1, 0.15) is 0 Å². The maximum absolute atomic E-state index is 13.2. The molecule has 0 radical (unpaired) electrons. The van der Waals surface area contributed by atoms with E-state index in [9.17, 15) is 9.59 Å². The highest BCUT2D eigenvalue weighted by Gasteiger charge is 2.52. The van der Waals surface area contributed by atoms with Crippen molar-refractivity contribution in [3.63, 3.8) is 0 Å². The predicted octanol–water partition coefficient (Wildman–Crippen LogP) is 5.23. The fourth-order valence-corrected chi connectivity index (χ4v) is 4.84. The molecule has 0 bridgehead atoms. The van der Waals surface area contributed by atoms with Gasteiger partial charge in [0.25, 0.3) is 0 Å². The third-order valence-corrected chi connectivity index (χ3v) is 7.84. The number of rotatable bonds is 3. The maximum Gasteiger partial charge on any atom is 0.410 e. The molecule has 1 spiro atoms. The van der Waals surface area contributed by atoms with E-state index in [1.54, 1.807) is 45.1 Å². The smallest absolute Gasteiger partial charge is 0.410 e. The van der Waals surface area contributed by atoms with Crippen LogP contribution in [-0.4, -0.2) is 46.9 Å². The zero-order valence-corrected chi connectivity index (χ0v) is 20.5. The summed E-state index contributed by atoms with van der Waals surface area (Å²) in [7, 11) is 3.18. The van der Waals surface area contributed by atoms with Crippen LogP contribution in [0.1, 0.15) is 43.0 Å². The summed E-state index contributed by atoms with van der Waals surface area (Å²) in [5.41, 5.74) is 1.01. The molecule has 0 N–H and O–H groups in total. The van der Waals surface area contributed by atoms with Crippen LogP contribution in [0, 0.1) is 0 Å². The Morgan fingerprint density at radius 1 is 1.16 bits per heavy atom. The molecule has 0 fully saturated rings. The zero-order chi connectivity index (χ0) is 23.5. The summed E-state index contributed by atoms with van der Waals surface area (Å²) < 4.78 is 15.2. The first-order chi connectivity index (χ1) is 14.9. The summed E-state index contributed by atoms with van der Waals surface area (Å²) >= 11 is 18.1. The van der Waals surface area contributed by atoms with E-state index in [0.717, 1.165) is 16.7 Å². The number of ketones is 1. The maximum atomic E-state index is 13.2. The Morgan fingerprint density at radius 2 is 1.81 bits per heavy atom. The fourth-order valence-electron chi connectivity index (χ4n) is 4.73. The Morgan fingerprint density at radius 3 is 2.38 bits per heavy atom. The molecule has 1 heterocycles. The molecular weight excluding hydrogens is 477 g/mol. The quantitative estimate of drug-likeness (QED) is 0.532. The van der Waals surface area contributed by atoms with E-state index in [4.69, 9.17) is 49.0 Å². The van der Waals surface area contributed by atoms with E-state index in [2.05, 4.69) is 0 Å². The van der Waals surface area contributed by atoms with Gasteiger partial charge in [0.05, 0.1) is 20.3 Å². The van der Waals surface area contributed by atoms with Crippen molar-refractivity contribution in [1.82, 2.24) is 4.90 Å². The third kappa shape index (κ3) is 3.57. The minimum Gasteiger partial charge on any atom is -0.493 e. The highest BCUT2D eigenvalue weighted by molar-refractivity contribution is 6.68. The van der Waals surface area contributed by atoms with Gasteiger partial charge in [0.15, 0.2) is 22.9 Å². The average molecular weight is 501 g/mol. The van der Waals surface area contributed by atoms with Crippen molar-refractivity contribution < 1.29 is 23.8 Å². The number of halogens is 3. The summed E-state index contributed by atoms with van der Waals surface area (Å²) in [4.78, 5) is 26.8. The van der Waals surface area contributed by atoms with Crippen molar-refractivity contribution in [2.24, 2.45) is 0 Å². The first kappa shape index (κ1) is 23.3. The van der Waals surface area contributed by atoms with Gasteiger partial charge < -0.3 is 19.1 Å². The molecule has 0 saturated carbocycles. The lowest BCUT2D eigenvalue weighted by Gasteiger charge is -2.39. The van der Waals surface area contributed by atoms with Gasteiger partial charge in [-0.2, -0.15) is 0 Å². The predicted molar refractivity (Wildman–Crippen MR) is 123 cm³/mol. The summed E-state index contributed by atoms with van der Waals surface area (Å²) in [5, 5.41) is 0. The summed E-state index contributed by atoms with van der Waals surface area (Å²) in [6.45, 7) is 3.55. The number of methoxy groups -OCH3 is 2. The molecule has 4 rings (SSSR count). The zero-order valence-electron chi connectivity index (χ0n) is 18.2. The number of allylic oxidation sites excluding steroid dienone is 4. The molecule has 9 heteroatoms. The van der Waals surface area contributed by atoms with Crippen molar-refractivity contribution in [2.45, 2.75) is 47.5 Å². The van der Waals surface area contributed by atoms with Crippen LogP contribution in [0.5, 0.6) is 11.5 Å². The van der Waals surface area contributed by atoms with E-state index >= 15 is 0 Å². The van der Waals surface area contributed by atoms with Crippen molar-refractivity contribution >= 4 is 46.7 Å². The minimum atomic E-state index is -1.79. The normalized spacial score (nSPS) is 21.0. The second-order valence-corrected chi connectivity index (χ2v) is 11.0. The number of benzene rings is 1. The molecule has 0 aromatic heterocycles. The molecule has 3 aliphatic rings. The van der Waals surface area contributed by atoms with Crippen molar-refractivity contribution in [3.05, 3.63) is 47.1 Å². The van der Waals surface area contributed by atoms with Gasteiger partial charge >= 0.3 is 6.09 Å². The largest absolute Gasteiger partial charge is 0.493 e. The first-order valence-electron chi connectivity index (χ1n) is 10.2. The van der Waals surface area contributed by atoms with Crippen LogP contribution in [-0.2, 0) is 21.4 Å². The van der Waals surface area contributed by atoms with Crippen LogP contribution < -0.4 is 9.47 Å². The average Bonchev–Trinajstić information content (AvgIpc) is 3.05. The van der Waals surface area contributed by atoms with E-state index in [1.807, 2.05) is 18.2 Å². The number of hydrogen-bond acceptors (Lipinski definition) is 5. The van der Waals surface area contributed by atoms with Gasteiger partial charge in [0, 0.05) is 17.5 Å². The summed E-state index contributed by atoms with van der Waals surface area (Å²) in [6.07, 6.45) is 7.43. The van der Waals surface area contributed by atoms with Crippen LogP contribution >= 0.6 is 34.8 Å². The molecule has 1 aromatic rings. The number of amides is 1. The molecule has 1 aromatic carbocycles. The lowest BCUT2D eigenvalue weighted by Crippen LogP contribution is -2.47. The fraction of sp³-hybridized carbons (Fsp3) is 0.478. The van der Waals surface area contributed by atoms with Crippen LogP contribution in [0.15, 0.2) is 30.4 Å². The highest BCUT2D eigenvalue weighted by Crippen LogP contribution is 2.58. The third-order valence-electron chi connectivity index (χ3n) is 6.47. The topological polar surface area (TPSA) is 65.1 Å². The molecule has 172 valence electrons. The van der Waals surface area contributed by atoms with Crippen molar-refractivity contribution in [1.29, 1.82) is 0 Å². The standard InChI is InChI=1S/C23H24Cl3NO5/c1-21(2,23(24,25)26)32-20(29)27-10-7-13-11-16(30-3)19(31-4)18-17(13)15(27)12-22(18)8-5-14(28)6-9-22/h5-6,8-9,11,15H,7,10,12H2,1-4H3/t15-/m0/s1. The molecule has 2 aliphatic carbocycles. The van der Waals surface area contributed by atoms with E-state index in [0.29, 0.717) is 30.9 Å². The SMILES string of the molecule is COc1cc2c3c(c1OC)C1(C=CC(=O)C=C1)C[C@@H]3N(C(=O)OC(C)(C)C(Cl)(Cl)Cl)CC2. The number of hydrogen-bond donors (Lipinski definition) is 0. The molecule has 1 amide bonds. The Labute approximate surface area is 202 Å². The van der Waals surface area contributed by atoms with E-state index < -0.39 is 20.9 Å². The number of alkyl halides is 3. The Bertz CT molecular complexity index is 1030. The van der Waals surface area contributed by atoms with Crippen LogP contribution in [0.25, 0.3) is 0 Å². The van der Waals surface area contributed by atoms with Gasteiger partial charge in [-0.05, 0) is 56.0 Å². The monoisotopic (exact) mass is 499 g/mol. The Kier molecular flexibility index (Phi) is 5.71. The number of carbonyl (C=O) groups excluding carboxylic acids is 2. The van der Waals surface area contributed by atoms with Gasteiger partial charge in [-0.25, -0.2) is 4.79 Å². The molecule has 1 aliphatic heterocycles. The van der Waals surface area contributed by atoms with Crippen LogP contribution in [0.2, 0.25) is 0 Å². The van der Waals surface area contributed by atoms with Crippen LogP contribution in [0.3, 0.4) is 0 Å². The van der Waals surface area contributed by atoms with Crippen LogP contribution in [0.4, 0.5) is 4.79 Å². The summed E-state index contributed by atoms with van der Waals surface area (Å²) in [6, 6.07) is 1.66.